The lowest BCUT2D eigenvalue weighted by Gasteiger charge is -2.16. The highest BCUT2D eigenvalue weighted by atomic mass is 19.1. The maximum Gasteiger partial charge on any atom is 0.272 e. The van der Waals surface area contributed by atoms with Gasteiger partial charge in [-0.05, 0) is 17.7 Å². The first kappa shape index (κ1) is 21.7. The first-order valence-corrected chi connectivity index (χ1v) is 9.77. The van der Waals surface area contributed by atoms with Crippen LogP contribution in [0.5, 0.6) is 0 Å². The molecule has 0 atom stereocenters. The highest BCUT2D eigenvalue weighted by Crippen LogP contribution is 2.22. The molecule has 0 spiro atoms. The van der Waals surface area contributed by atoms with Gasteiger partial charge in [0.2, 0.25) is 0 Å². The van der Waals surface area contributed by atoms with Crippen molar-refractivity contribution in [3.8, 4) is 0 Å². The Balaban J connectivity index is 2.23. The fourth-order valence-corrected chi connectivity index (χ4v) is 3.50. The van der Waals surface area contributed by atoms with Crippen molar-refractivity contribution < 1.29 is 4.39 Å². The fraction of sp³-hybridized carbons (Fsp3) is 0.211. The molecule has 2 aromatic heterocycles. The first-order chi connectivity index (χ1) is 13.9. The van der Waals surface area contributed by atoms with Gasteiger partial charge in [-0.25, -0.2) is 9.37 Å². The summed E-state index contributed by atoms with van der Waals surface area (Å²) >= 11 is 0. The van der Waals surface area contributed by atoms with E-state index >= 15 is 0 Å². The minimum absolute atomic E-state index is 0.117. The van der Waals surface area contributed by atoms with Crippen LogP contribution in [0.15, 0.2) is 15.9 Å². The van der Waals surface area contributed by atoms with Gasteiger partial charge in [0.15, 0.2) is 0 Å². The van der Waals surface area contributed by atoms with Gasteiger partial charge in [0, 0.05) is 11.1 Å². The number of aromatic amines is 3. The Bertz CT molecular complexity index is 1350. The van der Waals surface area contributed by atoms with E-state index < -0.39 is 11.1 Å². The van der Waals surface area contributed by atoms with Gasteiger partial charge in [-0.1, -0.05) is 42.6 Å². The number of nitrogens with zero attached hydrogens (tertiary/aromatic N) is 1. The number of nitrogens with one attached hydrogen (secondary N) is 3. The molecule has 0 aliphatic heterocycles. The third kappa shape index (κ3) is 3.88. The molecular formula is C19H23B4FN4O2. The molecule has 150 valence electrons. The van der Waals surface area contributed by atoms with Crippen molar-refractivity contribution in [3.05, 3.63) is 60.5 Å². The van der Waals surface area contributed by atoms with Gasteiger partial charge in [0.25, 0.3) is 11.1 Å². The molecule has 3 N–H and O–H groups in total. The Morgan fingerprint density at radius 3 is 1.90 bits per heavy atom. The number of imidazole rings is 1. The van der Waals surface area contributed by atoms with Crippen LogP contribution in [0.3, 0.4) is 0 Å². The molecule has 1 aromatic carbocycles. The molecule has 0 fully saturated rings. The molecule has 0 unspecified atom stereocenters. The molecule has 0 saturated carbocycles. The number of H-pyrrole nitrogens is 3. The smallest absolute Gasteiger partial charge is 0.272 e. The molecule has 0 amide bonds. The number of benzene rings is 1. The van der Waals surface area contributed by atoms with Gasteiger partial charge in [-0.15, -0.1) is 0 Å². The fourth-order valence-electron chi connectivity index (χ4n) is 3.50. The van der Waals surface area contributed by atoms with Gasteiger partial charge in [0.1, 0.15) is 47.9 Å². The standard InChI is InChI=1S/C19H23B4FN4O2/c1-19(2,3)16-8(25-6-26-16)5-10-18(30)27-9(17(29)28-10)4-7-11(20)13(22)15(24)14(23)12(7)21/h4-6H,20-23H2,1-3H3,(H,25,26)(H,27,30)(H,28,29)/b9-4-,10-5-. The minimum atomic E-state index is -0.438. The third-order valence-corrected chi connectivity index (χ3v) is 5.57. The van der Waals surface area contributed by atoms with Crippen LogP contribution in [-0.4, -0.2) is 51.3 Å². The van der Waals surface area contributed by atoms with E-state index in [1.165, 1.54) is 0 Å². The van der Waals surface area contributed by atoms with E-state index in [1.807, 2.05) is 20.8 Å². The summed E-state index contributed by atoms with van der Waals surface area (Å²) in [6.45, 7) is 6.08. The number of rotatable bonds is 2. The average Bonchev–Trinajstić information content (AvgIpc) is 3.14. The zero-order valence-corrected chi connectivity index (χ0v) is 18.4. The predicted octanol–water partition coefficient (Wildman–Crippen LogP) is -6.09. The average molecular weight is 402 g/mol. The molecule has 3 rings (SSSR count). The minimum Gasteiger partial charge on any atom is -0.348 e. The Hall–Kier alpha value is -2.96. The first-order valence-electron chi connectivity index (χ1n) is 9.77. The third-order valence-electron chi connectivity index (χ3n) is 5.57. The van der Waals surface area contributed by atoms with E-state index in [0.29, 0.717) is 16.6 Å². The molecular weight excluding hydrogens is 378 g/mol. The second kappa shape index (κ2) is 7.70. The normalized spacial score (nSPS) is 13.2. The Morgan fingerprint density at radius 1 is 0.900 bits per heavy atom. The number of hydrogen-bond donors (Lipinski definition) is 3. The van der Waals surface area contributed by atoms with E-state index in [2.05, 4.69) is 19.9 Å². The molecule has 0 radical (unpaired) electrons. The van der Waals surface area contributed by atoms with Crippen LogP contribution in [0.25, 0.3) is 12.2 Å². The van der Waals surface area contributed by atoms with Crippen LogP contribution >= 0.6 is 0 Å². The molecule has 0 bridgehead atoms. The number of aromatic nitrogens is 4. The van der Waals surface area contributed by atoms with Gasteiger partial charge in [0.05, 0.1) is 12.0 Å². The second-order valence-corrected chi connectivity index (χ2v) is 8.66. The summed E-state index contributed by atoms with van der Waals surface area (Å²) in [5.41, 5.74) is 3.64. The summed E-state index contributed by atoms with van der Waals surface area (Å²) < 4.78 is 14.3. The number of hydrogen-bond acceptors (Lipinski definition) is 3. The SMILES string of the molecule is Bc1c(B)c(/C=c2\[nH]c(=O)/c(=C/c3nc[nH]c3C(C)(C)C)[nH]c2=O)c(B)c(B)c1F. The Kier molecular flexibility index (Phi) is 5.58. The van der Waals surface area contributed by atoms with E-state index in [0.717, 1.165) is 22.2 Å². The van der Waals surface area contributed by atoms with E-state index in [1.54, 1.807) is 49.9 Å². The molecule has 11 heteroatoms. The lowest BCUT2D eigenvalue weighted by atomic mass is 9.67. The highest BCUT2D eigenvalue weighted by Gasteiger charge is 2.19. The molecule has 30 heavy (non-hydrogen) atoms. The summed E-state index contributed by atoms with van der Waals surface area (Å²) in [5.74, 6) is -0.247. The monoisotopic (exact) mass is 402 g/mol. The van der Waals surface area contributed by atoms with Crippen molar-refractivity contribution in [1.82, 2.24) is 19.9 Å². The lowest BCUT2D eigenvalue weighted by Crippen LogP contribution is -2.49. The van der Waals surface area contributed by atoms with Crippen LogP contribution in [0, 0.1) is 5.82 Å². The van der Waals surface area contributed by atoms with Crippen LogP contribution in [0.4, 0.5) is 4.39 Å². The van der Waals surface area contributed by atoms with Gasteiger partial charge < -0.3 is 15.0 Å². The van der Waals surface area contributed by atoms with Crippen molar-refractivity contribution in [3.63, 3.8) is 0 Å². The van der Waals surface area contributed by atoms with Crippen molar-refractivity contribution in [2.45, 2.75) is 26.2 Å². The van der Waals surface area contributed by atoms with Crippen molar-refractivity contribution in [2.75, 3.05) is 0 Å². The molecule has 6 nitrogen and oxygen atoms in total. The summed E-state index contributed by atoms with van der Waals surface area (Å²) in [5, 5.41) is 0.237. The van der Waals surface area contributed by atoms with Crippen molar-refractivity contribution in [1.29, 1.82) is 0 Å². The van der Waals surface area contributed by atoms with Crippen molar-refractivity contribution in [2.24, 2.45) is 0 Å². The Labute approximate surface area is 176 Å². The molecule has 0 aliphatic rings. The maximum atomic E-state index is 14.3. The van der Waals surface area contributed by atoms with Crippen molar-refractivity contribution >= 4 is 65.4 Å². The van der Waals surface area contributed by atoms with Gasteiger partial charge in [-0.3, -0.25) is 9.59 Å². The topological polar surface area (TPSA) is 94.4 Å². The zero-order valence-electron chi connectivity index (χ0n) is 18.4. The van der Waals surface area contributed by atoms with E-state index in [-0.39, 0.29) is 21.9 Å². The highest BCUT2D eigenvalue weighted by molar-refractivity contribution is 6.57. The summed E-state index contributed by atoms with van der Waals surface area (Å²) in [7, 11) is 7.01. The molecule has 2 heterocycles. The quantitative estimate of drug-likeness (QED) is 0.373. The van der Waals surface area contributed by atoms with Crippen LogP contribution in [0.2, 0.25) is 0 Å². The van der Waals surface area contributed by atoms with Gasteiger partial charge >= 0.3 is 0 Å². The summed E-state index contributed by atoms with van der Waals surface area (Å²) in [6.07, 6.45) is 4.72. The van der Waals surface area contributed by atoms with Crippen LogP contribution in [-0.2, 0) is 5.41 Å². The molecule has 3 aromatic rings. The number of halogens is 1. The summed E-state index contributed by atoms with van der Waals surface area (Å²) in [4.78, 5) is 38.0. The largest absolute Gasteiger partial charge is 0.348 e. The van der Waals surface area contributed by atoms with E-state index in [9.17, 15) is 14.0 Å². The molecule has 0 saturated heterocycles. The van der Waals surface area contributed by atoms with E-state index in [4.69, 9.17) is 0 Å². The predicted molar refractivity (Wildman–Crippen MR) is 130 cm³/mol. The lowest BCUT2D eigenvalue weighted by molar-refractivity contribution is 0.571. The zero-order chi connectivity index (χ0) is 22.4. The molecule has 0 aliphatic carbocycles. The van der Waals surface area contributed by atoms with Crippen LogP contribution < -0.4 is 43.7 Å². The second-order valence-electron chi connectivity index (χ2n) is 8.66. The Morgan fingerprint density at radius 2 is 1.40 bits per heavy atom. The summed E-state index contributed by atoms with van der Waals surface area (Å²) in [6, 6.07) is 0. The van der Waals surface area contributed by atoms with Gasteiger partial charge in [-0.2, -0.15) is 0 Å². The maximum absolute atomic E-state index is 14.3. The van der Waals surface area contributed by atoms with Crippen LogP contribution in [0.1, 0.15) is 37.7 Å².